The Morgan fingerprint density at radius 1 is 1.31 bits per heavy atom. The molecule has 1 aromatic carbocycles. The third-order valence-electron chi connectivity index (χ3n) is 4.51. The van der Waals surface area contributed by atoms with Crippen LogP contribution in [-0.4, -0.2) is 39.2 Å². The van der Waals surface area contributed by atoms with Gasteiger partial charge in [0.1, 0.15) is 11.4 Å². The van der Waals surface area contributed by atoms with Gasteiger partial charge in [0, 0.05) is 25.7 Å². The summed E-state index contributed by atoms with van der Waals surface area (Å²) in [6.07, 6.45) is 2.78. The molecule has 0 bridgehead atoms. The molecule has 7 heteroatoms. The number of aromatic nitrogens is 2. The molecular weight excluding hydrogens is 337 g/mol. The highest BCUT2D eigenvalue weighted by molar-refractivity contribution is 5.77. The lowest BCUT2D eigenvalue weighted by Gasteiger charge is -2.33. The van der Waals surface area contributed by atoms with Gasteiger partial charge in [-0.2, -0.15) is 0 Å². The Morgan fingerprint density at radius 3 is 2.65 bits per heavy atom. The molecule has 0 aliphatic carbocycles. The molecule has 26 heavy (non-hydrogen) atoms. The fourth-order valence-electron chi connectivity index (χ4n) is 3.16. The van der Waals surface area contributed by atoms with E-state index in [9.17, 15) is 14.0 Å². The number of rotatable bonds is 2. The third kappa shape index (κ3) is 4.20. The number of benzene rings is 1. The van der Waals surface area contributed by atoms with Crippen LogP contribution in [0.2, 0.25) is 0 Å². The molecule has 1 fully saturated rings. The van der Waals surface area contributed by atoms with Gasteiger partial charge in [-0.15, -0.1) is 0 Å². The summed E-state index contributed by atoms with van der Waals surface area (Å²) in [5.41, 5.74) is -0.298. The molecule has 0 unspecified atom stereocenters. The molecule has 0 N–H and O–H groups in total. The minimum absolute atomic E-state index is 0.162. The molecule has 0 spiro atoms. The van der Waals surface area contributed by atoms with Crippen LogP contribution in [0.25, 0.3) is 10.9 Å². The summed E-state index contributed by atoms with van der Waals surface area (Å²) in [6, 6.07) is 4.01. The van der Waals surface area contributed by atoms with E-state index >= 15 is 0 Å². The highest BCUT2D eigenvalue weighted by atomic mass is 19.1. The van der Waals surface area contributed by atoms with Crippen LogP contribution in [0.1, 0.15) is 33.6 Å². The van der Waals surface area contributed by atoms with Crippen LogP contribution >= 0.6 is 0 Å². The molecule has 2 aromatic rings. The minimum Gasteiger partial charge on any atom is -0.444 e. The molecule has 6 nitrogen and oxygen atoms in total. The SMILES string of the molecule is CC(C)(C)OC(=O)N1CCC(Cn2cnc3cc(F)ccc3c2=O)CC1. The van der Waals surface area contributed by atoms with Crippen LogP contribution in [0.3, 0.4) is 0 Å². The summed E-state index contributed by atoms with van der Waals surface area (Å²) < 4.78 is 20.2. The Morgan fingerprint density at radius 2 is 2.00 bits per heavy atom. The van der Waals surface area contributed by atoms with E-state index in [4.69, 9.17) is 4.74 Å². The van der Waals surface area contributed by atoms with Gasteiger partial charge in [0.05, 0.1) is 17.2 Å². The topological polar surface area (TPSA) is 64.4 Å². The summed E-state index contributed by atoms with van der Waals surface area (Å²) in [6.45, 7) is 7.32. The van der Waals surface area contributed by atoms with Crippen molar-refractivity contribution in [1.82, 2.24) is 14.5 Å². The van der Waals surface area contributed by atoms with Crippen molar-refractivity contribution >= 4 is 17.0 Å². The first-order valence-corrected chi connectivity index (χ1v) is 8.85. The lowest BCUT2D eigenvalue weighted by Crippen LogP contribution is -2.42. The number of amides is 1. The summed E-state index contributed by atoms with van der Waals surface area (Å²) in [5, 5.41) is 0.417. The minimum atomic E-state index is -0.502. The van der Waals surface area contributed by atoms with E-state index in [1.54, 1.807) is 9.47 Å². The second kappa shape index (κ2) is 7.05. The molecule has 1 aliphatic rings. The molecule has 2 heterocycles. The number of carbonyl (C=O) groups excluding carboxylic acids is 1. The third-order valence-corrected chi connectivity index (χ3v) is 4.51. The van der Waals surface area contributed by atoms with Crippen molar-refractivity contribution in [1.29, 1.82) is 0 Å². The van der Waals surface area contributed by atoms with Gasteiger partial charge < -0.3 is 9.64 Å². The van der Waals surface area contributed by atoms with E-state index in [1.165, 1.54) is 24.5 Å². The van der Waals surface area contributed by atoms with Crippen molar-refractivity contribution in [3.05, 3.63) is 40.7 Å². The normalized spacial score (nSPS) is 16.1. The highest BCUT2D eigenvalue weighted by Gasteiger charge is 2.27. The predicted molar refractivity (Wildman–Crippen MR) is 96.5 cm³/mol. The number of fused-ring (bicyclic) bond motifs is 1. The van der Waals surface area contributed by atoms with Crippen LogP contribution < -0.4 is 5.56 Å². The van der Waals surface area contributed by atoms with E-state index in [1.807, 2.05) is 20.8 Å². The van der Waals surface area contributed by atoms with Gasteiger partial charge in [-0.25, -0.2) is 14.2 Å². The predicted octanol–water partition coefficient (Wildman–Crippen LogP) is 3.18. The van der Waals surface area contributed by atoms with Crippen molar-refractivity contribution in [2.45, 2.75) is 45.8 Å². The van der Waals surface area contributed by atoms with E-state index in [2.05, 4.69) is 4.98 Å². The lowest BCUT2D eigenvalue weighted by atomic mass is 9.97. The van der Waals surface area contributed by atoms with Gasteiger partial charge in [-0.3, -0.25) is 9.36 Å². The molecule has 1 saturated heterocycles. The van der Waals surface area contributed by atoms with Crippen LogP contribution in [0.4, 0.5) is 9.18 Å². The lowest BCUT2D eigenvalue weighted by molar-refractivity contribution is 0.0178. The quantitative estimate of drug-likeness (QED) is 0.824. The zero-order chi connectivity index (χ0) is 18.9. The number of hydrogen-bond acceptors (Lipinski definition) is 4. The summed E-state index contributed by atoms with van der Waals surface area (Å²) >= 11 is 0. The average Bonchev–Trinajstić information content (AvgIpc) is 2.56. The Labute approximate surface area is 151 Å². The Bertz CT molecular complexity index is 864. The Hall–Kier alpha value is -2.44. The smallest absolute Gasteiger partial charge is 0.410 e. The Kier molecular flexibility index (Phi) is 4.98. The second-order valence-corrected chi connectivity index (χ2v) is 7.77. The maximum Gasteiger partial charge on any atom is 0.410 e. The molecule has 0 atom stereocenters. The maximum atomic E-state index is 13.3. The number of hydrogen-bond donors (Lipinski definition) is 0. The second-order valence-electron chi connectivity index (χ2n) is 7.77. The zero-order valence-electron chi connectivity index (χ0n) is 15.4. The fraction of sp³-hybridized carbons (Fsp3) is 0.526. The highest BCUT2D eigenvalue weighted by Crippen LogP contribution is 2.21. The number of halogens is 1. The number of piperidine rings is 1. The monoisotopic (exact) mass is 361 g/mol. The first-order valence-electron chi connectivity index (χ1n) is 8.85. The van der Waals surface area contributed by atoms with Crippen LogP contribution in [-0.2, 0) is 11.3 Å². The average molecular weight is 361 g/mol. The largest absolute Gasteiger partial charge is 0.444 e. The van der Waals surface area contributed by atoms with Gasteiger partial charge in [0.2, 0.25) is 0 Å². The van der Waals surface area contributed by atoms with Crippen molar-refractivity contribution in [2.75, 3.05) is 13.1 Å². The Balaban J connectivity index is 1.64. The zero-order valence-corrected chi connectivity index (χ0v) is 15.4. The van der Waals surface area contributed by atoms with Crippen molar-refractivity contribution < 1.29 is 13.9 Å². The maximum absolute atomic E-state index is 13.3. The van der Waals surface area contributed by atoms with Crippen LogP contribution in [0, 0.1) is 11.7 Å². The van der Waals surface area contributed by atoms with Gasteiger partial charge >= 0.3 is 6.09 Å². The molecule has 1 aromatic heterocycles. The standard InChI is InChI=1S/C19H24FN3O3/c1-19(2,3)26-18(25)22-8-6-13(7-9-22)11-23-12-21-16-10-14(20)4-5-15(16)17(23)24/h4-5,10,12-13H,6-9,11H2,1-3H3. The molecule has 0 saturated carbocycles. The summed E-state index contributed by atoms with van der Waals surface area (Å²) in [7, 11) is 0. The number of nitrogens with zero attached hydrogens (tertiary/aromatic N) is 3. The molecular formula is C19H24FN3O3. The van der Waals surface area contributed by atoms with Crippen LogP contribution in [0.5, 0.6) is 0 Å². The summed E-state index contributed by atoms with van der Waals surface area (Å²) in [4.78, 5) is 30.6. The van der Waals surface area contributed by atoms with Gasteiger partial charge in [0.15, 0.2) is 0 Å². The van der Waals surface area contributed by atoms with Crippen molar-refractivity contribution in [3.8, 4) is 0 Å². The molecule has 140 valence electrons. The number of ether oxygens (including phenoxy) is 1. The van der Waals surface area contributed by atoms with Gasteiger partial charge in [-0.05, 0) is 51.7 Å². The summed E-state index contributed by atoms with van der Waals surface area (Å²) in [5.74, 6) is -0.122. The van der Waals surface area contributed by atoms with E-state index in [-0.39, 0.29) is 17.6 Å². The number of carbonyl (C=O) groups is 1. The van der Waals surface area contributed by atoms with Gasteiger partial charge in [-0.1, -0.05) is 0 Å². The van der Waals surface area contributed by atoms with Crippen molar-refractivity contribution in [3.63, 3.8) is 0 Å². The molecule has 1 amide bonds. The molecule has 1 aliphatic heterocycles. The van der Waals surface area contributed by atoms with E-state index < -0.39 is 11.4 Å². The van der Waals surface area contributed by atoms with E-state index in [0.29, 0.717) is 30.5 Å². The number of likely N-dealkylation sites (tertiary alicyclic amines) is 1. The molecule has 0 radical (unpaired) electrons. The fourth-order valence-corrected chi connectivity index (χ4v) is 3.16. The van der Waals surface area contributed by atoms with Crippen LogP contribution in [0.15, 0.2) is 29.3 Å². The van der Waals surface area contributed by atoms with Crippen molar-refractivity contribution in [2.24, 2.45) is 5.92 Å². The first-order chi connectivity index (χ1) is 12.2. The van der Waals surface area contributed by atoms with E-state index in [0.717, 1.165) is 12.8 Å². The van der Waals surface area contributed by atoms with Gasteiger partial charge in [0.25, 0.3) is 5.56 Å². The first kappa shape index (κ1) is 18.4. The molecule has 3 rings (SSSR count).